The second-order valence-corrected chi connectivity index (χ2v) is 5.27. The van der Waals surface area contributed by atoms with E-state index in [1.54, 1.807) is 7.11 Å². The van der Waals surface area contributed by atoms with Crippen molar-refractivity contribution in [1.29, 1.82) is 0 Å². The summed E-state index contributed by atoms with van der Waals surface area (Å²) in [4.78, 5) is 0. The van der Waals surface area contributed by atoms with Crippen LogP contribution in [0.3, 0.4) is 0 Å². The first kappa shape index (κ1) is 13.6. The Labute approximate surface area is 111 Å². The van der Waals surface area contributed by atoms with Gasteiger partial charge in [0.05, 0.1) is 12.6 Å². The van der Waals surface area contributed by atoms with E-state index in [-0.39, 0.29) is 0 Å². The SMILES string of the molecule is COCC(NC1CCCCCC1)c1ccccc1. The Balaban J connectivity index is 1.97. The molecule has 100 valence electrons. The fourth-order valence-corrected chi connectivity index (χ4v) is 2.82. The molecule has 1 saturated carbocycles. The molecule has 1 aromatic carbocycles. The molecule has 2 heteroatoms. The first-order valence-electron chi connectivity index (χ1n) is 7.20. The molecule has 0 radical (unpaired) electrons. The van der Waals surface area contributed by atoms with Crippen molar-refractivity contribution in [3.63, 3.8) is 0 Å². The predicted molar refractivity (Wildman–Crippen MR) is 75.7 cm³/mol. The molecule has 1 N–H and O–H groups in total. The Morgan fingerprint density at radius 2 is 1.78 bits per heavy atom. The van der Waals surface area contributed by atoms with Gasteiger partial charge in [-0.3, -0.25) is 0 Å². The van der Waals surface area contributed by atoms with E-state index < -0.39 is 0 Å². The second kappa shape index (κ2) is 7.55. The number of ether oxygens (including phenoxy) is 1. The van der Waals surface area contributed by atoms with Gasteiger partial charge in [-0.15, -0.1) is 0 Å². The van der Waals surface area contributed by atoms with E-state index in [0.29, 0.717) is 12.1 Å². The highest BCUT2D eigenvalue weighted by molar-refractivity contribution is 5.19. The van der Waals surface area contributed by atoms with Crippen LogP contribution in [0.1, 0.15) is 50.1 Å². The van der Waals surface area contributed by atoms with Gasteiger partial charge in [-0.2, -0.15) is 0 Å². The molecule has 2 rings (SSSR count). The summed E-state index contributed by atoms with van der Waals surface area (Å²) >= 11 is 0. The van der Waals surface area contributed by atoms with E-state index >= 15 is 0 Å². The number of methoxy groups -OCH3 is 1. The first-order valence-corrected chi connectivity index (χ1v) is 7.20. The average Bonchev–Trinajstić information content (AvgIpc) is 2.68. The first-order chi connectivity index (χ1) is 8.90. The lowest BCUT2D eigenvalue weighted by molar-refractivity contribution is 0.159. The van der Waals surface area contributed by atoms with Crippen molar-refractivity contribution < 1.29 is 4.74 Å². The summed E-state index contributed by atoms with van der Waals surface area (Å²) in [5.74, 6) is 0. The van der Waals surface area contributed by atoms with Crippen molar-refractivity contribution in [2.75, 3.05) is 13.7 Å². The highest BCUT2D eigenvalue weighted by Crippen LogP contribution is 2.21. The van der Waals surface area contributed by atoms with Crippen LogP contribution < -0.4 is 5.32 Å². The number of hydrogen-bond acceptors (Lipinski definition) is 2. The largest absolute Gasteiger partial charge is 0.383 e. The van der Waals surface area contributed by atoms with Crippen molar-refractivity contribution in [1.82, 2.24) is 5.32 Å². The standard InChI is InChI=1S/C16H25NO/c1-18-13-16(14-9-5-4-6-10-14)17-15-11-7-2-3-8-12-15/h4-6,9-10,15-17H,2-3,7-8,11-13H2,1H3. The molecule has 1 aliphatic carbocycles. The Morgan fingerprint density at radius 3 is 2.39 bits per heavy atom. The van der Waals surface area contributed by atoms with Crippen molar-refractivity contribution in [2.24, 2.45) is 0 Å². The van der Waals surface area contributed by atoms with Gasteiger partial charge in [-0.05, 0) is 18.4 Å². The van der Waals surface area contributed by atoms with Crippen LogP contribution in [0.25, 0.3) is 0 Å². The fourth-order valence-electron chi connectivity index (χ4n) is 2.82. The van der Waals surface area contributed by atoms with Gasteiger partial charge in [0.1, 0.15) is 0 Å². The minimum atomic E-state index is 0.333. The van der Waals surface area contributed by atoms with Gasteiger partial charge in [0.25, 0.3) is 0 Å². The molecular formula is C16H25NO. The quantitative estimate of drug-likeness (QED) is 0.801. The Kier molecular flexibility index (Phi) is 5.69. The third-order valence-corrected chi connectivity index (χ3v) is 3.83. The molecule has 0 heterocycles. The number of benzene rings is 1. The lowest BCUT2D eigenvalue weighted by Gasteiger charge is -2.25. The topological polar surface area (TPSA) is 21.3 Å². The summed E-state index contributed by atoms with van der Waals surface area (Å²) in [6, 6.07) is 11.6. The maximum Gasteiger partial charge on any atom is 0.0657 e. The van der Waals surface area contributed by atoms with Crippen molar-refractivity contribution >= 4 is 0 Å². The fraction of sp³-hybridized carbons (Fsp3) is 0.625. The van der Waals surface area contributed by atoms with Crippen molar-refractivity contribution in [3.05, 3.63) is 35.9 Å². The van der Waals surface area contributed by atoms with E-state index in [1.807, 2.05) is 0 Å². The molecule has 1 fully saturated rings. The van der Waals surface area contributed by atoms with Crippen LogP contribution in [-0.2, 0) is 4.74 Å². The van der Waals surface area contributed by atoms with Gasteiger partial charge in [-0.25, -0.2) is 0 Å². The summed E-state index contributed by atoms with van der Waals surface area (Å²) in [5.41, 5.74) is 1.34. The van der Waals surface area contributed by atoms with Crippen LogP contribution >= 0.6 is 0 Å². The van der Waals surface area contributed by atoms with Gasteiger partial charge in [-0.1, -0.05) is 56.0 Å². The van der Waals surface area contributed by atoms with Crippen LogP contribution in [-0.4, -0.2) is 19.8 Å². The van der Waals surface area contributed by atoms with E-state index in [2.05, 4.69) is 35.6 Å². The molecule has 0 aliphatic heterocycles. The molecule has 0 amide bonds. The van der Waals surface area contributed by atoms with Crippen LogP contribution in [0, 0.1) is 0 Å². The molecule has 0 bridgehead atoms. The smallest absolute Gasteiger partial charge is 0.0657 e. The third-order valence-electron chi connectivity index (χ3n) is 3.83. The van der Waals surface area contributed by atoms with Gasteiger partial charge < -0.3 is 10.1 Å². The number of hydrogen-bond donors (Lipinski definition) is 1. The zero-order valence-electron chi connectivity index (χ0n) is 11.4. The normalized spacial score (nSPS) is 19.4. The highest BCUT2D eigenvalue weighted by atomic mass is 16.5. The van der Waals surface area contributed by atoms with E-state index in [0.717, 1.165) is 6.61 Å². The maximum absolute atomic E-state index is 5.37. The second-order valence-electron chi connectivity index (χ2n) is 5.27. The zero-order chi connectivity index (χ0) is 12.6. The molecule has 0 spiro atoms. The maximum atomic E-state index is 5.37. The molecular weight excluding hydrogens is 222 g/mol. The highest BCUT2D eigenvalue weighted by Gasteiger charge is 2.18. The minimum Gasteiger partial charge on any atom is -0.383 e. The molecule has 2 nitrogen and oxygen atoms in total. The summed E-state index contributed by atoms with van der Waals surface area (Å²) in [7, 11) is 1.78. The van der Waals surface area contributed by atoms with Crippen molar-refractivity contribution in [2.45, 2.75) is 50.6 Å². The molecule has 1 aromatic rings. The molecule has 1 aliphatic rings. The Morgan fingerprint density at radius 1 is 1.11 bits per heavy atom. The van der Waals surface area contributed by atoms with E-state index in [1.165, 1.54) is 44.1 Å². The monoisotopic (exact) mass is 247 g/mol. The molecule has 0 saturated heterocycles. The molecule has 0 aromatic heterocycles. The van der Waals surface area contributed by atoms with Crippen LogP contribution in [0.5, 0.6) is 0 Å². The van der Waals surface area contributed by atoms with Crippen molar-refractivity contribution in [3.8, 4) is 0 Å². The van der Waals surface area contributed by atoms with Crippen LogP contribution in [0.15, 0.2) is 30.3 Å². The van der Waals surface area contributed by atoms with Crippen LogP contribution in [0.4, 0.5) is 0 Å². The number of nitrogens with one attached hydrogen (secondary N) is 1. The van der Waals surface area contributed by atoms with Crippen LogP contribution in [0.2, 0.25) is 0 Å². The lowest BCUT2D eigenvalue weighted by Crippen LogP contribution is -2.34. The molecule has 1 atom stereocenters. The van der Waals surface area contributed by atoms with Gasteiger partial charge in [0.15, 0.2) is 0 Å². The summed E-state index contributed by atoms with van der Waals surface area (Å²) < 4.78 is 5.37. The third kappa shape index (κ3) is 4.11. The Bertz CT molecular complexity index is 317. The van der Waals surface area contributed by atoms with Gasteiger partial charge >= 0.3 is 0 Å². The lowest BCUT2D eigenvalue weighted by atomic mass is 10.0. The van der Waals surface area contributed by atoms with Gasteiger partial charge in [0, 0.05) is 13.2 Å². The summed E-state index contributed by atoms with van der Waals surface area (Å²) in [5, 5.41) is 3.79. The average molecular weight is 247 g/mol. The summed E-state index contributed by atoms with van der Waals surface area (Å²) in [6.07, 6.45) is 8.16. The molecule has 1 unspecified atom stereocenters. The summed E-state index contributed by atoms with van der Waals surface area (Å²) in [6.45, 7) is 0.751. The molecule has 18 heavy (non-hydrogen) atoms. The van der Waals surface area contributed by atoms with E-state index in [4.69, 9.17) is 4.74 Å². The minimum absolute atomic E-state index is 0.333. The number of rotatable bonds is 5. The Hall–Kier alpha value is -0.860. The zero-order valence-corrected chi connectivity index (χ0v) is 11.4. The predicted octanol–water partition coefficient (Wildman–Crippen LogP) is 3.69. The van der Waals surface area contributed by atoms with E-state index in [9.17, 15) is 0 Å². The van der Waals surface area contributed by atoms with Gasteiger partial charge in [0.2, 0.25) is 0 Å².